The van der Waals surface area contributed by atoms with Crippen molar-refractivity contribution >= 4 is 5.97 Å². The molecule has 0 heterocycles. The lowest BCUT2D eigenvalue weighted by Crippen LogP contribution is -2.42. The van der Waals surface area contributed by atoms with Crippen LogP contribution in [0.2, 0.25) is 0 Å². The summed E-state index contributed by atoms with van der Waals surface area (Å²) in [6.45, 7) is 1.71. The van der Waals surface area contributed by atoms with E-state index in [0.29, 0.717) is 5.56 Å². The van der Waals surface area contributed by atoms with Gasteiger partial charge in [0, 0.05) is 5.41 Å². The van der Waals surface area contributed by atoms with Crippen molar-refractivity contribution in [3.8, 4) is 0 Å². The van der Waals surface area contributed by atoms with Crippen LogP contribution in [0.4, 0.5) is 4.39 Å². The lowest BCUT2D eigenvalue weighted by Gasteiger charge is -2.21. The van der Waals surface area contributed by atoms with Gasteiger partial charge in [0.25, 0.3) is 0 Å². The first-order valence-corrected chi connectivity index (χ1v) is 5.61. The Hall–Kier alpha value is -1.42. The molecule has 92 valence electrons. The Bertz CT molecular complexity index is 455. The molecule has 1 unspecified atom stereocenters. The Morgan fingerprint density at radius 3 is 2.65 bits per heavy atom. The van der Waals surface area contributed by atoms with E-state index in [4.69, 9.17) is 5.73 Å². The number of aryl methyl sites for hydroxylation is 1. The fraction of sp³-hybridized carbons (Fsp3) is 0.462. The van der Waals surface area contributed by atoms with E-state index in [9.17, 15) is 9.18 Å². The van der Waals surface area contributed by atoms with Gasteiger partial charge in [-0.25, -0.2) is 4.39 Å². The molecule has 1 aromatic carbocycles. The third kappa shape index (κ3) is 1.93. The molecule has 1 saturated carbocycles. The zero-order chi connectivity index (χ0) is 12.6. The standard InChI is InChI=1S/C13H16FNO2/c1-8-3-4-9(7-10(8)14)13(5-6-13)11(15)12(16)17-2/h3-4,7,11H,5-6,15H2,1-2H3. The van der Waals surface area contributed by atoms with Gasteiger partial charge in [-0.05, 0) is 37.0 Å². The number of benzene rings is 1. The summed E-state index contributed by atoms with van der Waals surface area (Å²) in [6.07, 6.45) is 1.59. The van der Waals surface area contributed by atoms with Crippen LogP contribution in [-0.4, -0.2) is 19.1 Å². The van der Waals surface area contributed by atoms with Crippen LogP contribution in [0, 0.1) is 12.7 Å². The molecule has 1 aliphatic carbocycles. The van der Waals surface area contributed by atoms with Gasteiger partial charge in [0.2, 0.25) is 0 Å². The van der Waals surface area contributed by atoms with E-state index in [1.165, 1.54) is 13.2 Å². The molecule has 3 nitrogen and oxygen atoms in total. The molecule has 1 fully saturated rings. The topological polar surface area (TPSA) is 52.3 Å². The number of carbonyl (C=O) groups excluding carboxylic acids is 1. The van der Waals surface area contributed by atoms with E-state index in [2.05, 4.69) is 4.74 Å². The van der Waals surface area contributed by atoms with Crippen LogP contribution in [-0.2, 0) is 14.9 Å². The lowest BCUT2D eigenvalue weighted by molar-refractivity contribution is -0.143. The van der Waals surface area contributed by atoms with E-state index in [1.54, 1.807) is 13.0 Å². The fourth-order valence-corrected chi connectivity index (χ4v) is 2.17. The van der Waals surface area contributed by atoms with Crippen LogP contribution in [0.3, 0.4) is 0 Å². The minimum absolute atomic E-state index is 0.258. The number of hydrogen-bond donors (Lipinski definition) is 1. The van der Waals surface area contributed by atoms with Crippen LogP contribution >= 0.6 is 0 Å². The molecule has 1 atom stereocenters. The highest BCUT2D eigenvalue weighted by Gasteiger charge is 2.52. The quantitative estimate of drug-likeness (QED) is 0.813. The molecule has 1 aliphatic rings. The molecule has 0 saturated heterocycles. The van der Waals surface area contributed by atoms with Gasteiger partial charge < -0.3 is 10.5 Å². The third-order valence-corrected chi connectivity index (χ3v) is 3.59. The minimum atomic E-state index is -0.713. The molecule has 2 rings (SSSR count). The van der Waals surface area contributed by atoms with Gasteiger partial charge in [-0.3, -0.25) is 4.79 Å². The normalized spacial score (nSPS) is 18.6. The molecule has 17 heavy (non-hydrogen) atoms. The summed E-state index contributed by atoms with van der Waals surface area (Å²) in [5.74, 6) is -0.700. The summed E-state index contributed by atoms with van der Waals surface area (Å²) in [4.78, 5) is 11.5. The molecule has 0 bridgehead atoms. The number of ether oxygens (including phenoxy) is 1. The Morgan fingerprint density at radius 1 is 1.53 bits per heavy atom. The second-order valence-electron chi connectivity index (χ2n) is 4.62. The Morgan fingerprint density at radius 2 is 2.18 bits per heavy atom. The van der Waals surface area contributed by atoms with E-state index >= 15 is 0 Å². The number of methoxy groups -OCH3 is 1. The molecule has 2 N–H and O–H groups in total. The number of nitrogens with two attached hydrogens (primary N) is 1. The average molecular weight is 237 g/mol. The van der Waals surface area contributed by atoms with Crippen molar-refractivity contribution in [2.24, 2.45) is 5.73 Å². The van der Waals surface area contributed by atoms with E-state index < -0.39 is 17.4 Å². The first-order chi connectivity index (χ1) is 8.01. The summed E-state index contributed by atoms with van der Waals surface area (Å²) in [6, 6.07) is 4.32. The van der Waals surface area contributed by atoms with Crippen LogP contribution < -0.4 is 5.73 Å². The predicted molar refractivity (Wildman–Crippen MR) is 62.0 cm³/mol. The van der Waals surface area contributed by atoms with Crippen molar-refractivity contribution in [3.05, 3.63) is 35.1 Å². The summed E-state index contributed by atoms with van der Waals surface area (Å²) >= 11 is 0. The van der Waals surface area contributed by atoms with Crippen molar-refractivity contribution in [1.29, 1.82) is 0 Å². The van der Waals surface area contributed by atoms with Crippen LogP contribution in [0.15, 0.2) is 18.2 Å². The highest BCUT2D eigenvalue weighted by Crippen LogP contribution is 2.50. The number of carbonyl (C=O) groups is 1. The van der Waals surface area contributed by atoms with Gasteiger partial charge in [-0.1, -0.05) is 12.1 Å². The molecular formula is C13H16FNO2. The molecule has 0 radical (unpaired) electrons. The Kier molecular flexibility index (Phi) is 2.91. The molecule has 0 aromatic heterocycles. The SMILES string of the molecule is COC(=O)C(N)C1(c2ccc(C)c(F)c2)CC1. The number of halogens is 1. The third-order valence-electron chi connectivity index (χ3n) is 3.59. The van der Waals surface area contributed by atoms with Crippen LogP contribution in [0.25, 0.3) is 0 Å². The van der Waals surface area contributed by atoms with Crippen LogP contribution in [0.1, 0.15) is 24.0 Å². The van der Waals surface area contributed by atoms with Gasteiger partial charge in [-0.15, -0.1) is 0 Å². The maximum atomic E-state index is 13.5. The second-order valence-corrected chi connectivity index (χ2v) is 4.62. The van der Waals surface area contributed by atoms with Crippen LogP contribution in [0.5, 0.6) is 0 Å². The fourth-order valence-electron chi connectivity index (χ4n) is 2.17. The summed E-state index contributed by atoms with van der Waals surface area (Å²) in [7, 11) is 1.31. The van der Waals surface area contributed by atoms with Crippen molar-refractivity contribution in [3.63, 3.8) is 0 Å². The summed E-state index contributed by atoms with van der Waals surface area (Å²) < 4.78 is 18.2. The van der Waals surface area contributed by atoms with Crippen molar-refractivity contribution < 1.29 is 13.9 Å². The number of rotatable bonds is 3. The lowest BCUT2D eigenvalue weighted by atomic mass is 9.88. The first kappa shape index (κ1) is 12.0. The molecule has 0 amide bonds. The van der Waals surface area contributed by atoms with Crippen molar-refractivity contribution in [2.45, 2.75) is 31.2 Å². The molecule has 1 aromatic rings. The van der Waals surface area contributed by atoms with E-state index in [1.807, 2.05) is 6.07 Å². The largest absolute Gasteiger partial charge is 0.468 e. The maximum absolute atomic E-state index is 13.5. The monoisotopic (exact) mass is 237 g/mol. The molecule has 0 spiro atoms. The van der Waals surface area contributed by atoms with E-state index in [-0.39, 0.29) is 5.82 Å². The van der Waals surface area contributed by atoms with Gasteiger partial charge in [0.05, 0.1) is 7.11 Å². The van der Waals surface area contributed by atoms with Gasteiger partial charge in [0.15, 0.2) is 0 Å². The Balaban J connectivity index is 2.32. The maximum Gasteiger partial charge on any atom is 0.323 e. The van der Waals surface area contributed by atoms with E-state index in [0.717, 1.165) is 18.4 Å². The number of hydrogen-bond acceptors (Lipinski definition) is 3. The zero-order valence-electron chi connectivity index (χ0n) is 10.00. The summed E-state index contributed by atoms with van der Waals surface area (Å²) in [5.41, 5.74) is 6.85. The van der Waals surface area contributed by atoms with Gasteiger partial charge in [0.1, 0.15) is 11.9 Å². The zero-order valence-corrected chi connectivity index (χ0v) is 10.00. The minimum Gasteiger partial charge on any atom is -0.468 e. The smallest absolute Gasteiger partial charge is 0.323 e. The van der Waals surface area contributed by atoms with Crippen molar-refractivity contribution in [2.75, 3.05) is 7.11 Å². The second kappa shape index (κ2) is 4.11. The summed E-state index contributed by atoms with van der Waals surface area (Å²) in [5, 5.41) is 0. The van der Waals surface area contributed by atoms with Crippen molar-refractivity contribution in [1.82, 2.24) is 0 Å². The van der Waals surface area contributed by atoms with Gasteiger partial charge >= 0.3 is 5.97 Å². The first-order valence-electron chi connectivity index (χ1n) is 5.61. The Labute approximate surface area is 99.8 Å². The predicted octanol–water partition coefficient (Wildman–Crippen LogP) is 1.67. The average Bonchev–Trinajstić information content (AvgIpc) is 3.12. The molecular weight excluding hydrogens is 221 g/mol. The number of esters is 1. The molecule has 0 aliphatic heterocycles. The highest BCUT2D eigenvalue weighted by atomic mass is 19.1. The molecule has 4 heteroatoms. The highest BCUT2D eigenvalue weighted by molar-refractivity contribution is 5.78. The van der Waals surface area contributed by atoms with Gasteiger partial charge in [-0.2, -0.15) is 0 Å².